The number of rotatable bonds is 9. The van der Waals surface area contributed by atoms with Crippen LogP contribution < -0.4 is 15.5 Å². The number of carbonyl (C=O) groups is 2. The second kappa shape index (κ2) is 12.6. The molecule has 3 aromatic rings. The van der Waals surface area contributed by atoms with Crippen molar-refractivity contribution in [3.8, 4) is 5.75 Å². The van der Waals surface area contributed by atoms with Gasteiger partial charge in [0.1, 0.15) is 12.2 Å². The number of alkyl carbamates (subject to hydrolysis) is 1. The van der Waals surface area contributed by atoms with E-state index in [1.165, 1.54) is 11.0 Å². The summed E-state index contributed by atoms with van der Waals surface area (Å²) in [5, 5.41) is 3.50. The fourth-order valence-electron chi connectivity index (χ4n) is 3.72. The van der Waals surface area contributed by atoms with E-state index in [2.05, 4.69) is 5.32 Å². The lowest BCUT2D eigenvalue weighted by Crippen LogP contribution is -2.53. The van der Waals surface area contributed by atoms with Crippen molar-refractivity contribution in [1.82, 2.24) is 10.2 Å². The summed E-state index contributed by atoms with van der Waals surface area (Å²) in [6.07, 6.45) is 0.513. The molecule has 0 fully saturated rings. The molecule has 0 spiro atoms. The fourth-order valence-corrected chi connectivity index (χ4v) is 4.04. The first-order valence-electron chi connectivity index (χ1n) is 12.3. The Morgan fingerprint density at radius 2 is 1.64 bits per heavy atom. The van der Waals surface area contributed by atoms with Gasteiger partial charge < -0.3 is 24.1 Å². The molecule has 0 aliphatic carbocycles. The monoisotopic (exact) mass is 574 g/mol. The van der Waals surface area contributed by atoms with Crippen LogP contribution in [0.3, 0.4) is 0 Å². The van der Waals surface area contributed by atoms with Crippen LogP contribution in [0.5, 0.6) is 5.75 Å². The average Bonchev–Trinajstić information content (AvgIpc) is 2.83. The van der Waals surface area contributed by atoms with Crippen molar-refractivity contribution in [3.05, 3.63) is 98.0 Å². The molecule has 208 valence electrons. The van der Waals surface area contributed by atoms with E-state index in [4.69, 9.17) is 37.1 Å². The Balaban J connectivity index is 1.93. The zero-order valence-corrected chi connectivity index (χ0v) is 24.1. The molecule has 39 heavy (non-hydrogen) atoms. The van der Waals surface area contributed by atoms with Crippen LogP contribution in [0.2, 0.25) is 10.0 Å². The van der Waals surface area contributed by atoms with Crippen molar-refractivity contribution in [2.45, 2.75) is 58.9 Å². The molecule has 0 saturated heterocycles. The number of ether oxygens (including phenoxy) is 2. The molecule has 0 radical (unpaired) electrons. The van der Waals surface area contributed by atoms with Gasteiger partial charge >= 0.3 is 6.09 Å². The molecule has 0 unspecified atom stereocenters. The maximum atomic E-state index is 13.9. The van der Waals surface area contributed by atoms with Gasteiger partial charge in [0.25, 0.3) is 5.91 Å². The number of benzene rings is 2. The minimum atomic E-state index is -0.936. The van der Waals surface area contributed by atoms with Gasteiger partial charge in [-0.3, -0.25) is 9.59 Å². The van der Waals surface area contributed by atoms with Crippen LogP contribution in [-0.2, 0) is 17.9 Å². The van der Waals surface area contributed by atoms with Crippen LogP contribution in [0.1, 0.15) is 56.3 Å². The topological polar surface area (TPSA) is 98.1 Å². The first kappa shape index (κ1) is 30.1. The molecule has 1 aromatic heterocycles. The Morgan fingerprint density at radius 1 is 0.949 bits per heavy atom. The molecule has 0 bridgehead atoms. The Hall–Kier alpha value is -3.49. The van der Waals surface area contributed by atoms with E-state index in [1.807, 2.05) is 30.3 Å². The molecule has 0 aliphatic rings. The highest BCUT2D eigenvalue weighted by molar-refractivity contribution is 6.42. The molecular weight excluding hydrogens is 543 g/mol. The van der Waals surface area contributed by atoms with Gasteiger partial charge in [-0.25, -0.2) is 4.79 Å². The normalized spacial score (nSPS) is 11.6. The summed E-state index contributed by atoms with van der Waals surface area (Å²) in [4.78, 5) is 40.6. The van der Waals surface area contributed by atoms with Crippen LogP contribution in [0.25, 0.3) is 0 Å². The second-order valence-corrected chi connectivity index (χ2v) is 11.5. The minimum absolute atomic E-state index is 0.0298. The third-order valence-corrected chi connectivity index (χ3v) is 6.06. The van der Waals surface area contributed by atoms with Crippen molar-refractivity contribution in [2.24, 2.45) is 0 Å². The van der Waals surface area contributed by atoms with E-state index in [1.54, 1.807) is 52.8 Å². The van der Waals surface area contributed by atoms with Crippen molar-refractivity contribution in [1.29, 1.82) is 0 Å². The van der Waals surface area contributed by atoms with E-state index in [0.29, 0.717) is 15.6 Å². The number of hydrogen-bond acceptors (Lipinski definition) is 6. The lowest BCUT2D eigenvalue weighted by Gasteiger charge is -2.34. The smallest absolute Gasteiger partial charge is 0.408 e. The third-order valence-electron chi connectivity index (χ3n) is 5.33. The van der Waals surface area contributed by atoms with Crippen LogP contribution in [0.15, 0.2) is 70.1 Å². The van der Waals surface area contributed by atoms with Gasteiger partial charge in [-0.2, -0.15) is 0 Å². The molecule has 0 saturated carbocycles. The number of nitrogens with one attached hydrogen (secondary N) is 1. The third kappa shape index (κ3) is 9.04. The Kier molecular flexibility index (Phi) is 9.69. The molecule has 10 heteroatoms. The van der Waals surface area contributed by atoms with Gasteiger partial charge in [-0.15, -0.1) is 0 Å². The summed E-state index contributed by atoms with van der Waals surface area (Å²) in [6, 6.07) is 15.4. The standard InChI is InChI=1S/C29H32Cl2N2O6/c1-28(2,3)39-27(36)32-29(4,5)18-33(16-20-11-12-21(30)22(31)15-20)26(35)25-24(23(34)13-14-37-25)38-17-19-9-7-6-8-10-19/h6-15H,16-18H2,1-5H3,(H,32,36). The summed E-state index contributed by atoms with van der Waals surface area (Å²) in [7, 11) is 0. The van der Waals surface area contributed by atoms with E-state index in [-0.39, 0.29) is 31.2 Å². The SMILES string of the molecule is CC(C)(CN(Cc1ccc(Cl)c(Cl)c1)C(=O)c1occc(=O)c1OCc1ccccc1)NC(=O)OC(C)(C)C. The molecule has 8 nitrogen and oxygen atoms in total. The second-order valence-electron chi connectivity index (χ2n) is 10.6. The highest BCUT2D eigenvalue weighted by atomic mass is 35.5. The lowest BCUT2D eigenvalue weighted by molar-refractivity contribution is 0.0421. The lowest BCUT2D eigenvalue weighted by atomic mass is 10.0. The average molecular weight is 575 g/mol. The van der Waals surface area contributed by atoms with Crippen molar-refractivity contribution < 1.29 is 23.5 Å². The highest BCUT2D eigenvalue weighted by Crippen LogP contribution is 2.25. The van der Waals surface area contributed by atoms with Crippen LogP contribution in [-0.4, -0.2) is 34.6 Å². The maximum absolute atomic E-state index is 13.9. The molecule has 0 atom stereocenters. The summed E-state index contributed by atoms with van der Waals surface area (Å²) in [5.74, 6) is -1.07. The first-order valence-corrected chi connectivity index (χ1v) is 13.0. The molecule has 1 heterocycles. The number of hydrogen-bond donors (Lipinski definition) is 1. The van der Waals surface area contributed by atoms with Gasteiger partial charge in [-0.05, 0) is 57.9 Å². The van der Waals surface area contributed by atoms with Crippen molar-refractivity contribution in [2.75, 3.05) is 6.54 Å². The van der Waals surface area contributed by atoms with Gasteiger partial charge in [0.2, 0.25) is 16.9 Å². The van der Waals surface area contributed by atoms with Crippen molar-refractivity contribution in [3.63, 3.8) is 0 Å². The summed E-state index contributed by atoms with van der Waals surface area (Å²) in [6.45, 7) is 8.94. The Labute approximate surface area is 237 Å². The number of nitrogens with zero attached hydrogens (tertiary/aromatic N) is 1. The zero-order chi connectivity index (χ0) is 28.8. The van der Waals surface area contributed by atoms with Crippen LogP contribution in [0.4, 0.5) is 4.79 Å². The maximum Gasteiger partial charge on any atom is 0.408 e. The van der Waals surface area contributed by atoms with Crippen molar-refractivity contribution >= 4 is 35.2 Å². The van der Waals surface area contributed by atoms with Crippen LogP contribution in [0, 0.1) is 0 Å². The molecule has 1 N–H and O–H groups in total. The van der Waals surface area contributed by atoms with Crippen LogP contribution >= 0.6 is 23.2 Å². The summed E-state index contributed by atoms with van der Waals surface area (Å²) in [5.41, 5.74) is -0.644. The zero-order valence-electron chi connectivity index (χ0n) is 22.5. The Morgan fingerprint density at radius 3 is 2.28 bits per heavy atom. The van der Waals surface area contributed by atoms with Gasteiger partial charge in [-0.1, -0.05) is 59.6 Å². The number of carbonyl (C=O) groups excluding carboxylic acids is 2. The van der Waals surface area contributed by atoms with Gasteiger partial charge in [0.05, 0.1) is 21.8 Å². The fraction of sp³-hybridized carbons (Fsp3) is 0.345. The number of halogens is 2. The largest absolute Gasteiger partial charge is 0.481 e. The molecule has 2 amide bonds. The first-order chi connectivity index (χ1) is 18.2. The van der Waals surface area contributed by atoms with E-state index in [9.17, 15) is 14.4 Å². The number of amides is 2. The Bertz CT molecular complexity index is 1370. The quantitative estimate of drug-likeness (QED) is 0.314. The molecule has 3 rings (SSSR count). The van der Waals surface area contributed by atoms with E-state index in [0.717, 1.165) is 11.8 Å². The predicted octanol–water partition coefficient (Wildman–Crippen LogP) is 6.47. The minimum Gasteiger partial charge on any atom is -0.481 e. The van der Waals surface area contributed by atoms with Gasteiger partial charge in [0.15, 0.2) is 0 Å². The summed E-state index contributed by atoms with van der Waals surface area (Å²) >= 11 is 12.3. The van der Waals surface area contributed by atoms with E-state index < -0.39 is 28.6 Å². The molecule has 0 aliphatic heterocycles. The van der Waals surface area contributed by atoms with E-state index >= 15 is 0 Å². The predicted molar refractivity (Wildman–Crippen MR) is 150 cm³/mol. The van der Waals surface area contributed by atoms with Gasteiger partial charge in [0, 0.05) is 19.2 Å². The highest BCUT2D eigenvalue weighted by Gasteiger charge is 2.32. The molecule has 2 aromatic carbocycles. The summed E-state index contributed by atoms with van der Waals surface area (Å²) < 4.78 is 16.7. The molecular formula is C29H32Cl2N2O6.